The fraction of sp³-hybridized carbons (Fsp3) is 0.320. The lowest BCUT2D eigenvalue weighted by atomic mass is 9.96. The van der Waals surface area contributed by atoms with Crippen molar-refractivity contribution < 1.29 is 4.79 Å². The number of amides is 1. The molecule has 0 spiro atoms. The van der Waals surface area contributed by atoms with Gasteiger partial charge in [-0.3, -0.25) is 9.78 Å². The Morgan fingerprint density at radius 2 is 2.22 bits per heavy atom. The monoisotopic (exact) mass is 426 g/mol. The molecule has 0 aliphatic carbocycles. The molecular weight excluding hydrogens is 400 g/mol. The number of hydrogen-bond donors (Lipinski definition) is 3. The highest BCUT2D eigenvalue weighted by Crippen LogP contribution is 2.35. The number of rotatable bonds is 4. The van der Waals surface area contributed by atoms with Gasteiger partial charge in [0.2, 0.25) is 5.91 Å². The van der Waals surface area contributed by atoms with Crippen molar-refractivity contribution in [3.05, 3.63) is 59.6 Å². The summed E-state index contributed by atoms with van der Waals surface area (Å²) in [6.45, 7) is 4.25. The Kier molecular flexibility index (Phi) is 5.38. The third kappa shape index (κ3) is 3.63. The van der Waals surface area contributed by atoms with E-state index in [1.807, 2.05) is 29.4 Å². The number of fused-ring (bicyclic) bond motifs is 1. The molecule has 1 saturated heterocycles. The molecule has 0 radical (unpaired) electrons. The number of aromatic amines is 1. The number of hydrogen-bond acceptors (Lipinski definition) is 5. The largest absolute Gasteiger partial charge is 0.361 e. The van der Waals surface area contributed by atoms with Gasteiger partial charge in [-0.05, 0) is 62.1 Å². The summed E-state index contributed by atoms with van der Waals surface area (Å²) in [4.78, 5) is 22.2. The molecule has 2 aromatic heterocycles. The first kappa shape index (κ1) is 20.3. The van der Waals surface area contributed by atoms with E-state index in [1.54, 1.807) is 6.20 Å². The zero-order valence-corrected chi connectivity index (χ0v) is 18.1. The highest BCUT2D eigenvalue weighted by atomic mass is 16.2. The Hall–Kier alpha value is -3.63. The van der Waals surface area contributed by atoms with Gasteiger partial charge >= 0.3 is 0 Å². The van der Waals surface area contributed by atoms with Crippen LogP contribution in [0.5, 0.6) is 0 Å². The molecule has 1 fully saturated rings. The van der Waals surface area contributed by atoms with Crippen molar-refractivity contribution in [1.29, 1.82) is 5.26 Å². The van der Waals surface area contributed by atoms with Crippen LogP contribution in [0.1, 0.15) is 36.0 Å². The second-order valence-corrected chi connectivity index (χ2v) is 8.44. The van der Waals surface area contributed by atoms with Crippen LogP contribution in [0.25, 0.3) is 16.5 Å². The number of benzene rings is 1. The Morgan fingerprint density at radius 3 is 2.97 bits per heavy atom. The predicted octanol–water partition coefficient (Wildman–Crippen LogP) is 3.85. The van der Waals surface area contributed by atoms with Gasteiger partial charge in [0.25, 0.3) is 0 Å². The second kappa shape index (κ2) is 8.48. The summed E-state index contributed by atoms with van der Waals surface area (Å²) in [5.74, 6) is 0.190. The van der Waals surface area contributed by atoms with Gasteiger partial charge in [0.05, 0.1) is 17.3 Å². The standard InChI is InChI=1S/C25H26N6O/c1-16-19-6-10-29-22(19)5-4-21(16)30-24-18(13-26)14-27-15-20(24)17-7-11-31(12-8-17)25(32)23-3-2-9-28-23/h4-7,10,14-15,23,28-29H,2-3,8-9,11-12H2,1H3,(H,27,30)/t23-/m0/s1. The number of nitrogens with zero attached hydrogens (tertiary/aromatic N) is 3. The summed E-state index contributed by atoms with van der Waals surface area (Å²) in [6.07, 6.45) is 10.2. The van der Waals surface area contributed by atoms with Crippen LogP contribution < -0.4 is 10.6 Å². The van der Waals surface area contributed by atoms with Crippen molar-refractivity contribution in [3.8, 4) is 6.07 Å². The molecule has 162 valence electrons. The lowest BCUT2D eigenvalue weighted by molar-refractivity contribution is -0.132. The van der Waals surface area contributed by atoms with Crippen molar-refractivity contribution >= 4 is 33.8 Å². The predicted molar refractivity (Wildman–Crippen MR) is 125 cm³/mol. The average Bonchev–Trinajstić information content (AvgIpc) is 3.53. The first-order chi connectivity index (χ1) is 15.7. The van der Waals surface area contributed by atoms with E-state index in [0.717, 1.165) is 64.8 Å². The van der Waals surface area contributed by atoms with Gasteiger partial charge in [-0.25, -0.2) is 0 Å². The zero-order valence-electron chi connectivity index (χ0n) is 18.1. The molecule has 32 heavy (non-hydrogen) atoms. The third-order valence-corrected chi connectivity index (χ3v) is 6.55. The smallest absolute Gasteiger partial charge is 0.239 e. The topological polar surface area (TPSA) is 96.8 Å². The Balaban J connectivity index is 1.44. The quantitative estimate of drug-likeness (QED) is 0.589. The van der Waals surface area contributed by atoms with Crippen LogP contribution in [0.4, 0.5) is 11.4 Å². The van der Waals surface area contributed by atoms with Crippen LogP contribution in [0.2, 0.25) is 0 Å². The first-order valence-corrected chi connectivity index (χ1v) is 11.1. The molecule has 0 bridgehead atoms. The van der Waals surface area contributed by atoms with E-state index in [1.165, 1.54) is 0 Å². The molecule has 0 saturated carbocycles. The third-order valence-electron chi connectivity index (χ3n) is 6.55. The summed E-state index contributed by atoms with van der Waals surface area (Å²) in [5.41, 5.74) is 6.47. The summed E-state index contributed by atoms with van der Waals surface area (Å²) < 4.78 is 0. The first-order valence-electron chi connectivity index (χ1n) is 11.1. The molecule has 3 aromatic rings. The van der Waals surface area contributed by atoms with E-state index in [9.17, 15) is 10.1 Å². The minimum absolute atomic E-state index is 0.0444. The molecular formula is C25H26N6O. The summed E-state index contributed by atoms with van der Waals surface area (Å²) in [5, 5.41) is 17.7. The molecule has 1 atom stereocenters. The second-order valence-electron chi connectivity index (χ2n) is 8.44. The van der Waals surface area contributed by atoms with E-state index in [4.69, 9.17) is 0 Å². The highest BCUT2D eigenvalue weighted by molar-refractivity contribution is 5.91. The SMILES string of the molecule is Cc1c(Nc2c(C#N)cncc2C2=CCN(C(=O)[C@@H]3CCCN3)CC2)ccc2[nH]ccc12. The molecule has 2 aliphatic heterocycles. The van der Waals surface area contributed by atoms with E-state index in [-0.39, 0.29) is 11.9 Å². The number of H-pyrrole nitrogens is 1. The van der Waals surface area contributed by atoms with Gasteiger partial charge in [-0.15, -0.1) is 0 Å². The number of anilines is 2. The number of nitrogens with one attached hydrogen (secondary N) is 3. The molecule has 7 nitrogen and oxygen atoms in total. The van der Waals surface area contributed by atoms with Crippen molar-refractivity contribution in [3.63, 3.8) is 0 Å². The minimum Gasteiger partial charge on any atom is -0.361 e. The molecule has 2 aliphatic rings. The number of carbonyl (C=O) groups excluding carboxylic acids is 1. The Bertz CT molecular complexity index is 1250. The van der Waals surface area contributed by atoms with Gasteiger partial charge in [0, 0.05) is 53.8 Å². The molecule has 7 heteroatoms. The average molecular weight is 427 g/mol. The number of aryl methyl sites for hydroxylation is 1. The molecule has 1 amide bonds. The lowest BCUT2D eigenvalue weighted by Crippen LogP contribution is -2.45. The number of nitriles is 1. The van der Waals surface area contributed by atoms with Crippen LogP contribution in [0, 0.1) is 18.3 Å². The molecule has 3 N–H and O–H groups in total. The number of pyridine rings is 1. The minimum atomic E-state index is -0.0444. The maximum atomic E-state index is 12.7. The van der Waals surface area contributed by atoms with Gasteiger partial charge < -0.3 is 20.5 Å². The molecule has 4 heterocycles. The van der Waals surface area contributed by atoms with Crippen LogP contribution in [0.15, 0.2) is 42.9 Å². The van der Waals surface area contributed by atoms with Gasteiger partial charge in [0.15, 0.2) is 0 Å². The highest BCUT2D eigenvalue weighted by Gasteiger charge is 2.28. The van der Waals surface area contributed by atoms with Crippen LogP contribution >= 0.6 is 0 Å². The Labute approximate surface area is 187 Å². The van der Waals surface area contributed by atoms with Crippen molar-refractivity contribution in [1.82, 2.24) is 20.2 Å². The zero-order chi connectivity index (χ0) is 22.1. The lowest BCUT2D eigenvalue weighted by Gasteiger charge is -2.29. The molecule has 1 aromatic carbocycles. The van der Waals surface area contributed by atoms with Crippen LogP contribution in [-0.2, 0) is 4.79 Å². The van der Waals surface area contributed by atoms with Crippen LogP contribution in [-0.4, -0.2) is 46.5 Å². The summed E-state index contributed by atoms with van der Waals surface area (Å²) in [6, 6.07) is 8.37. The fourth-order valence-electron chi connectivity index (χ4n) is 4.71. The molecule has 0 unspecified atom stereocenters. The van der Waals surface area contributed by atoms with Crippen LogP contribution in [0.3, 0.4) is 0 Å². The fourth-order valence-corrected chi connectivity index (χ4v) is 4.71. The van der Waals surface area contributed by atoms with Gasteiger partial charge in [-0.1, -0.05) is 6.08 Å². The van der Waals surface area contributed by atoms with Crippen molar-refractivity contribution in [2.75, 3.05) is 25.0 Å². The van der Waals surface area contributed by atoms with Gasteiger partial charge in [0.1, 0.15) is 6.07 Å². The number of aromatic nitrogens is 2. The molecule has 5 rings (SSSR count). The van der Waals surface area contributed by atoms with E-state index < -0.39 is 0 Å². The van der Waals surface area contributed by atoms with Crippen molar-refractivity contribution in [2.24, 2.45) is 0 Å². The number of carbonyl (C=O) groups is 1. The summed E-state index contributed by atoms with van der Waals surface area (Å²) in [7, 11) is 0. The van der Waals surface area contributed by atoms with E-state index >= 15 is 0 Å². The van der Waals surface area contributed by atoms with E-state index in [2.05, 4.69) is 45.7 Å². The maximum absolute atomic E-state index is 12.7. The Morgan fingerprint density at radius 1 is 1.31 bits per heavy atom. The normalized spacial score (nSPS) is 18.4. The maximum Gasteiger partial charge on any atom is 0.239 e. The van der Waals surface area contributed by atoms with Crippen molar-refractivity contribution in [2.45, 2.75) is 32.2 Å². The summed E-state index contributed by atoms with van der Waals surface area (Å²) >= 11 is 0. The van der Waals surface area contributed by atoms with Gasteiger partial charge in [-0.2, -0.15) is 5.26 Å². The van der Waals surface area contributed by atoms with E-state index in [0.29, 0.717) is 18.7 Å².